The number of hydrogen-bond acceptors (Lipinski definition) is 6. The van der Waals surface area contributed by atoms with Crippen LogP contribution in [0, 0.1) is 0 Å². The molecule has 2 heterocycles. The van der Waals surface area contributed by atoms with Gasteiger partial charge in [-0.1, -0.05) is 83.9 Å². The molecule has 0 aliphatic carbocycles. The van der Waals surface area contributed by atoms with Crippen molar-refractivity contribution < 1.29 is 14.3 Å². The molecular formula is C34H36Cl2N4O3S. The molecule has 0 unspecified atom stereocenters. The Morgan fingerprint density at radius 3 is 2.41 bits per heavy atom. The fourth-order valence-corrected chi connectivity index (χ4v) is 6.46. The summed E-state index contributed by atoms with van der Waals surface area (Å²) < 4.78 is 5.44. The van der Waals surface area contributed by atoms with Crippen LogP contribution in [-0.2, 0) is 35.5 Å². The van der Waals surface area contributed by atoms with Gasteiger partial charge in [-0.3, -0.25) is 4.79 Å². The number of amides is 2. The average Bonchev–Trinajstić information content (AvgIpc) is 3.57. The number of benzene rings is 3. The van der Waals surface area contributed by atoms with Gasteiger partial charge in [0.05, 0.1) is 0 Å². The highest BCUT2D eigenvalue weighted by atomic mass is 35.5. The molecule has 0 saturated carbocycles. The van der Waals surface area contributed by atoms with Gasteiger partial charge in [0.15, 0.2) is 0 Å². The molecule has 7 nitrogen and oxygen atoms in total. The third kappa shape index (κ3) is 8.99. The number of anilines is 1. The lowest BCUT2D eigenvalue weighted by atomic mass is 10.0. The number of halogens is 2. The topological polar surface area (TPSA) is 73.9 Å². The van der Waals surface area contributed by atoms with Crippen LogP contribution in [-0.4, -0.2) is 55.7 Å². The van der Waals surface area contributed by atoms with Crippen molar-refractivity contribution in [2.75, 3.05) is 37.6 Å². The van der Waals surface area contributed by atoms with E-state index in [4.69, 9.17) is 27.9 Å². The summed E-state index contributed by atoms with van der Waals surface area (Å²) in [5.74, 6) is -0.171. The fraction of sp³-hybridized carbons (Fsp3) is 0.294. The van der Waals surface area contributed by atoms with Crippen LogP contribution in [0.3, 0.4) is 0 Å². The lowest BCUT2D eigenvalue weighted by Crippen LogP contribution is -2.55. The second-order valence-corrected chi connectivity index (χ2v) is 12.5. The largest absolute Gasteiger partial charge is 0.445 e. The Labute approximate surface area is 272 Å². The van der Waals surface area contributed by atoms with Gasteiger partial charge in [-0.25, -0.2) is 4.79 Å². The first-order valence-corrected chi connectivity index (χ1v) is 16.4. The molecule has 5 rings (SSSR count). The van der Waals surface area contributed by atoms with E-state index in [0.29, 0.717) is 36.2 Å². The number of carbonyl (C=O) groups is 2. The molecule has 1 saturated heterocycles. The quantitative estimate of drug-likeness (QED) is 0.170. The highest BCUT2D eigenvalue weighted by Crippen LogP contribution is 2.25. The van der Waals surface area contributed by atoms with Gasteiger partial charge in [0.1, 0.15) is 12.6 Å². The number of rotatable bonds is 12. The predicted octanol–water partition coefficient (Wildman–Crippen LogP) is 6.57. The molecule has 1 atom stereocenters. The van der Waals surface area contributed by atoms with Crippen LogP contribution in [0.15, 0.2) is 90.3 Å². The van der Waals surface area contributed by atoms with Gasteiger partial charge >= 0.3 is 6.09 Å². The summed E-state index contributed by atoms with van der Waals surface area (Å²) in [7, 11) is 0. The zero-order valence-corrected chi connectivity index (χ0v) is 26.7. The van der Waals surface area contributed by atoms with E-state index in [1.54, 1.807) is 29.5 Å². The Balaban J connectivity index is 1.20. The standard InChI is InChI=1S/C34H36Cl2N4O3S/c35-28-13-12-26(30(36)22-28)21-31(38-34(42)43-24-25-7-2-1-3-8-25)33(41)40-18-16-39(17-19-40)32-11-5-4-9-27(32)23-37-15-14-29-10-6-20-44-29/h1-13,20,22,31,37H,14-19,21,23-24H2,(H,38,42)/t31-/m1/s1. The maximum Gasteiger partial charge on any atom is 0.408 e. The Morgan fingerprint density at radius 2 is 1.66 bits per heavy atom. The molecule has 3 aromatic carbocycles. The third-order valence-electron chi connectivity index (χ3n) is 7.61. The molecular weight excluding hydrogens is 615 g/mol. The summed E-state index contributed by atoms with van der Waals surface area (Å²) in [6.45, 7) is 4.23. The summed E-state index contributed by atoms with van der Waals surface area (Å²) >= 11 is 14.3. The van der Waals surface area contributed by atoms with Gasteiger partial charge in [-0.15, -0.1) is 11.3 Å². The van der Waals surface area contributed by atoms with Crippen LogP contribution in [0.2, 0.25) is 10.0 Å². The zero-order valence-electron chi connectivity index (χ0n) is 24.4. The van der Waals surface area contributed by atoms with E-state index < -0.39 is 12.1 Å². The van der Waals surface area contributed by atoms with E-state index >= 15 is 0 Å². The minimum atomic E-state index is -0.844. The van der Waals surface area contributed by atoms with Crippen molar-refractivity contribution in [1.82, 2.24) is 15.5 Å². The van der Waals surface area contributed by atoms with Crippen molar-refractivity contribution in [2.24, 2.45) is 0 Å². The highest BCUT2D eigenvalue weighted by Gasteiger charge is 2.30. The molecule has 1 aliphatic heterocycles. The second kappa shape index (κ2) is 16.0. The summed E-state index contributed by atoms with van der Waals surface area (Å²) in [6, 6.07) is 26.4. The molecule has 2 amide bonds. The number of hydrogen-bond donors (Lipinski definition) is 2. The first-order valence-electron chi connectivity index (χ1n) is 14.7. The first-order chi connectivity index (χ1) is 21.5. The fourth-order valence-electron chi connectivity index (χ4n) is 5.26. The molecule has 1 fully saturated rings. The summed E-state index contributed by atoms with van der Waals surface area (Å²) in [5, 5.41) is 9.44. The zero-order chi connectivity index (χ0) is 30.7. The molecule has 0 bridgehead atoms. The van der Waals surface area contributed by atoms with Crippen LogP contribution in [0.5, 0.6) is 0 Å². The SMILES string of the molecule is O=C(N[C@H](Cc1ccc(Cl)cc1Cl)C(=O)N1CCN(c2ccccc2CNCCc2cccs2)CC1)OCc1ccccc1. The normalized spacial score (nSPS) is 13.9. The van der Waals surface area contributed by atoms with Gasteiger partial charge < -0.3 is 25.2 Å². The number of nitrogens with zero attached hydrogens (tertiary/aromatic N) is 2. The number of alkyl carbamates (subject to hydrolysis) is 1. The van der Waals surface area contributed by atoms with Crippen molar-refractivity contribution in [3.63, 3.8) is 0 Å². The van der Waals surface area contributed by atoms with Gasteiger partial charge in [0.25, 0.3) is 0 Å². The summed E-state index contributed by atoms with van der Waals surface area (Å²) in [6.07, 6.45) is 0.572. The Hall–Kier alpha value is -3.56. The van der Waals surface area contributed by atoms with Crippen LogP contribution in [0.25, 0.3) is 0 Å². The molecule has 230 valence electrons. The van der Waals surface area contributed by atoms with Crippen LogP contribution in [0.1, 0.15) is 21.6 Å². The molecule has 0 radical (unpaired) electrons. The molecule has 4 aromatic rings. The minimum Gasteiger partial charge on any atom is -0.445 e. The van der Waals surface area contributed by atoms with Gasteiger partial charge in [0, 0.05) is 66.3 Å². The van der Waals surface area contributed by atoms with Gasteiger partial charge in [-0.05, 0) is 52.8 Å². The monoisotopic (exact) mass is 650 g/mol. The number of piperazine rings is 1. The molecule has 1 aromatic heterocycles. The Morgan fingerprint density at radius 1 is 0.886 bits per heavy atom. The van der Waals surface area contributed by atoms with E-state index in [1.165, 1.54) is 16.1 Å². The number of thiophene rings is 1. The first kappa shape index (κ1) is 31.9. The van der Waals surface area contributed by atoms with E-state index in [-0.39, 0.29) is 18.9 Å². The van der Waals surface area contributed by atoms with Crippen molar-refractivity contribution in [3.8, 4) is 0 Å². The molecule has 10 heteroatoms. The van der Waals surface area contributed by atoms with Crippen LogP contribution < -0.4 is 15.5 Å². The summed E-state index contributed by atoms with van der Waals surface area (Å²) in [4.78, 5) is 32.2. The lowest BCUT2D eigenvalue weighted by Gasteiger charge is -2.38. The molecule has 1 aliphatic rings. The molecule has 44 heavy (non-hydrogen) atoms. The van der Waals surface area contributed by atoms with E-state index in [2.05, 4.69) is 57.3 Å². The highest BCUT2D eigenvalue weighted by molar-refractivity contribution is 7.09. The summed E-state index contributed by atoms with van der Waals surface area (Å²) in [5.41, 5.74) is 3.99. The van der Waals surface area contributed by atoms with Crippen molar-refractivity contribution in [1.29, 1.82) is 0 Å². The van der Waals surface area contributed by atoms with Crippen LogP contribution >= 0.6 is 34.5 Å². The smallest absolute Gasteiger partial charge is 0.408 e. The average molecular weight is 652 g/mol. The molecule has 0 spiro atoms. The van der Waals surface area contributed by atoms with E-state index in [0.717, 1.165) is 30.6 Å². The minimum absolute atomic E-state index is 0.107. The van der Waals surface area contributed by atoms with Crippen molar-refractivity contribution in [2.45, 2.75) is 32.0 Å². The Bertz CT molecular complexity index is 1510. The third-order valence-corrected chi connectivity index (χ3v) is 9.13. The maximum absolute atomic E-state index is 13.8. The van der Waals surface area contributed by atoms with Crippen LogP contribution in [0.4, 0.5) is 10.5 Å². The van der Waals surface area contributed by atoms with E-state index in [1.807, 2.05) is 35.2 Å². The van der Waals surface area contributed by atoms with Crippen molar-refractivity contribution >= 4 is 52.2 Å². The number of ether oxygens (including phenoxy) is 1. The van der Waals surface area contributed by atoms with Gasteiger partial charge in [-0.2, -0.15) is 0 Å². The number of para-hydroxylation sites is 1. The number of nitrogens with one attached hydrogen (secondary N) is 2. The van der Waals surface area contributed by atoms with Gasteiger partial charge in [0.2, 0.25) is 5.91 Å². The second-order valence-electron chi connectivity index (χ2n) is 10.6. The Kier molecular flexibility index (Phi) is 11.5. The maximum atomic E-state index is 13.8. The predicted molar refractivity (Wildman–Crippen MR) is 179 cm³/mol. The lowest BCUT2D eigenvalue weighted by molar-refractivity contribution is -0.133. The van der Waals surface area contributed by atoms with E-state index in [9.17, 15) is 9.59 Å². The van der Waals surface area contributed by atoms with Crippen molar-refractivity contribution in [3.05, 3.63) is 122 Å². The number of carbonyl (C=O) groups excluding carboxylic acids is 2. The molecule has 2 N–H and O–H groups in total.